The molecule has 0 aliphatic carbocycles. The first-order valence-corrected chi connectivity index (χ1v) is 7.27. The van der Waals surface area contributed by atoms with Crippen LogP contribution in [0, 0.1) is 11.8 Å². The SMILES string of the molecule is CCCCC(CC)CC(C(=O)O)C(=O)c1ccncc1. The molecule has 1 aromatic heterocycles. The van der Waals surface area contributed by atoms with Gasteiger partial charge in [-0.05, 0) is 24.5 Å². The lowest BCUT2D eigenvalue weighted by atomic mass is 9.85. The van der Waals surface area contributed by atoms with Crippen molar-refractivity contribution in [2.75, 3.05) is 0 Å². The standard InChI is InChI=1S/C16H23NO3/c1-3-5-6-12(4-2)11-14(16(19)20)15(18)13-7-9-17-10-8-13/h7-10,12,14H,3-6,11H2,1-2H3,(H,19,20). The maximum absolute atomic E-state index is 12.3. The second-order valence-electron chi connectivity index (χ2n) is 5.14. The normalized spacial score (nSPS) is 13.7. The van der Waals surface area contributed by atoms with Crippen molar-refractivity contribution in [3.63, 3.8) is 0 Å². The van der Waals surface area contributed by atoms with E-state index in [1.165, 1.54) is 12.4 Å². The van der Waals surface area contributed by atoms with Gasteiger partial charge in [-0.3, -0.25) is 14.6 Å². The van der Waals surface area contributed by atoms with Gasteiger partial charge in [0.05, 0.1) is 0 Å². The van der Waals surface area contributed by atoms with E-state index in [0.29, 0.717) is 17.9 Å². The molecule has 0 radical (unpaired) electrons. The molecule has 110 valence electrons. The minimum absolute atomic E-state index is 0.293. The van der Waals surface area contributed by atoms with E-state index in [9.17, 15) is 14.7 Å². The number of nitrogens with zero attached hydrogens (tertiary/aromatic N) is 1. The molecule has 4 nitrogen and oxygen atoms in total. The third-order valence-corrected chi connectivity index (χ3v) is 3.69. The van der Waals surface area contributed by atoms with Crippen molar-refractivity contribution in [3.8, 4) is 0 Å². The highest BCUT2D eigenvalue weighted by molar-refractivity contribution is 6.08. The zero-order valence-electron chi connectivity index (χ0n) is 12.2. The van der Waals surface area contributed by atoms with Crippen LogP contribution in [0.5, 0.6) is 0 Å². The zero-order chi connectivity index (χ0) is 15.0. The predicted molar refractivity (Wildman–Crippen MR) is 77.6 cm³/mol. The van der Waals surface area contributed by atoms with Crippen molar-refractivity contribution in [2.45, 2.75) is 46.0 Å². The van der Waals surface area contributed by atoms with Gasteiger partial charge in [-0.2, -0.15) is 0 Å². The summed E-state index contributed by atoms with van der Waals surface area (Å²) in [6.45, 7) is 4.17. The summed E-state index contributed by atoms with van der Waals surface area (Å²) in [7, 11) is 0. The third-order valence-electron chi connectivity index (χ3n) is 3.69. The van der Waals surface area contributed by atoms with E-state index < -0.39 is 11.9 Å². The van der Waals surface area contributed by atoms with Crippen molar-refractivity contribution >= 4 is 11.8 Å². The number of carboxylic acids is 1. The molecule has 0 aromatic carbocycles. The lowest BCUT2D eigenvalue weighted by Gasteiger charge is -2.19. The number of unbranched alkanes of at least 4 members (excludes halogenated alkanes) is 1. The molecule has 0 spiro atoms. The molecule has 0 aliphatic rings. The summed E-state index contributed by atoms with van der Waals surface area (Å²) in [5.41, 5.74) is 0.428. The number of carbonyl (C=O) groups is 2. The van der Waals surface area contributed by atoms with E-state index >= 15 is 0 Å². The minimum Gasteiger partial charge on any atom is -0.481 e. The fraction of sp³-hybridized carbons (Fsp3) is 0.562. The second-order valence-corrected chi connectivity index (χ2v) is 5.14. The molecule has 0 amide bonds. The topological polar surface area (TPSA) is 67.3 Å². The summed E-state index contributed by atoms with van der Waals surface area (Å²) in [5, 5.41) is 9.34. The van der Waals surface area contributed by atoms with Gasteiger partial charge in [0, 0.05) is 18.0 Å². The molecule has 2 unspecified atom stereocenters. The highest BCUT2D eigenvalue weighted by Gasteiger charge is 2.29. The number of carboxylic acid groups (broad SMARTS) is 1. The summed E-state index contributed by atoms with van der Waals surface area (Å²) in [5.74, 6) is -1.99. The second kappa shape index (κ2) is 8.46. The number of hydrogen-bond donors (Lipinski definition) is 1. The maximum atomic E-state index is 12.3. The molecule has 4 heteroatoms. The van der Waals surface area contributed by atoms with Crippen LogP contribution in [0.1, 0.15) is 56.3 Å². The molecule has 0 aliphatic heterocycles. The summed E-state index contributed by atoms with van der Waals surface area (Å²) >= 11 is 0. The van der Waals surface area contributed by atoms with E-state index in [-0.39, 0.29) is 5.78 Å². The molecule has 0 fully saturated rings. The van der Waals surface area contributed by atoms with Gasteiger partial charge in [0.2, 0.25) is 0 Å². The van der Waals surface area contributed by atoms with Crippen LogP contribution in [0.15, 0.2) is 24.5 Å². The van der Waals surface area contributed by atoms with Gasteiger partial charge >= 0.3 is 5.97 Å². The quantitative estimate of drug-likeness (QED) is 0.553. The third kappa shape index (κ3) is 4.76. The first-order valence-electron chi connectivity index (χ1n) is 7.27. The fourth-order valence-electron chi connectivity index (χ4n) is 2.35. The monoisotopic (exact) mass is 277 g/mol. The fourth-order valence-corrected chi connectivity index (χ4v) is 2.35. The van der Waals surface area contributed by atoms with Crippen LogP contribution in [-0.4, -0.2) is 21.8 Å². The Bertz CT molecular complexity index is 431. The van der Waals surface area contributed by atoms with E-state index in [1.807, 2.05) is 0 Å². The van der Waals surface area contributed by atoms with Gasteiger partial charge in [0.25, 0.3) is 0 Å². The van der Waals surface area contributed by atoms with Gasteiger partial charge in [-0.15, -0.1) is 0 Å². The van der Waals surface area contributed by atoms with E-state index in [1.54, 1.807) is 12.1 Å². The summed E-state index contributed by atoms with van der Waals surface area (Å²) in [6, 6.07) is 3.15. The van der Waals surface area contributed by atoms with Gasteiger partial charge < -0.3 is 5.11 Å². The molecular formula is C16H23NO3. The van der Waals surface area contributed by atoms with Crippen LogP contribution in [0.4, 0.5) is 0 Å². The summed E-state index contributed by atoms with van der Waals surface area (Å²) in [4.78, 5) is 27.6. The summed E-state index contributed by atoms with van der Waals surface area (Å²) in [6.07, 6.45) is 7.52. The number of ketones is 1. The van der Waals surface area contributed by atoms with E-state index in [2.05, 4.69) is 18.8 Å². The molecule has 1 N–H and O–H groups in total. The molecule has 2 atom stereocenters. The number of pyridine rings is 1. The molecule has 1 aromatic rings. The van der Waals surface area contributed by atoms with Crippen LogP contribution in [0.2, 0.25) is 0 Å². The average molecular weight is 277 g/mol. The number of aromatic nitrogens is 1. The lowest BCUT2D eigenvalue weighted by molar-refractivity contribution is -0.140. The first-order chi connectivity index (χ1) is 9.60. The molecule has 0 saturated heterocycles. The number of carbonyl (C=O) groups excluding carboxylic acids is 1. The Morgan fingerprint density at radius 1 is 1.25 bits per heavy atom. The molecule has 1 heterocycles. The Morgan fingerprint density at radius 2 is 1.90 bits per heavy atom. The maximum Gasteiger partial charge on any atom is 0.314 e. The number of aliphatic carboxylic acids is 1. The van der Waals surface area contributed by atoms with Crippen LogP contribution >= 0.6 is 0 Å². The molecular weight excluding hydrogens is 254 g/mol. The van der Waals surface area contributed by atoms with Gasteiger partial charge in [0.1, 0.15) is 5.92 Å². The zero-order valence-corrected chi connectivity index (χ0v) is 12.2. The largest absolute Gasteiger partial charge is 0.481 e. The van der Waals surface area contributed by atoms with Crippen molar-refractivity contribution in [1.82, 2.24) is 4.98 Å². The smallest absolute Gasteiger partial charge is 0.314 e. The van der Waals surface area contributed by atoms with Crippen LogP contribution in [0.3, 0.4) is 0 Å². The van der Waals surface area contributed by atoms with Crippen molar-refractivity contribution < 1.29 is 14.7 Å². The molecule has 20 heavy (non-hydrogen) atoms. The Balaban J connectivity index is 2.78. The van der Waals surface area contributed by atoms with Gasteiger partial charge in [-0.25, -0.2) is 0 Å². The van der Waals surface area contributed by atoms with E-state index in [4.69, 9.17) is 0 Å². The Hall–Kier alpha value is -1.71. The number of hydrogen-bond acceptors (Lipinski definition) is 3. The van der Waals surface area contributed by atoms with Gasteiger partial charge in [0.15, 0.2) is 5.78 Å². The average Bonchev–Trinajstić information content (AvgIpc) is 2.47. The predicted octanol–water partition coefficient (Wildman–Crippen LogP) is 3.57. The van der Waals surface area contributed by atoms with Gasteiger partial charge in [-0.1, -0.05) is 39.5 Å². The Kier molecular flexibility index (Phi) is 6.91. The van der Waals surface area contributed by atoms with E-state index in [0.717, 1.165) is 25.7 Å². The highest BCUT2D eigenvalue weighted by Crippen LogP contribution is 2.24. The van der Waals surface area contributed by atoms with Crippen LogP contribution in [0.25, 0.3) is 0 Å². The number of rotatable bonds is 9. The van der Waals surface area contributed by atoms with Crippen LogP contribution in [-0.2, 0) is 4.79 Å². The summed E-state index contributed by atoms with van der Waals surface area (Å²) < 4.78 is 0. The van der Waals surface area contributed by atoms with Crippen molar-refractivity contribution in [2.24, 2.45) is 11.8 Å². The minimum atomic E-state index is -1.03. The molecule has 0 bridgehead atoms. The highest BCUT2D eigenvalue weighted by atomic mass is 16.4. The van der Waals surface area contributed by atoms with Crippen LogP contribution < -0.4 is 0 Å². The Morgan fingerprint density at radius 3 is 2.40 bits per heavy atom. The van der Waals surface area contributed by atoms with Crippen molar-refractivity contribution in [3.05, 3.63) is 30.1 Å². The molecule has 0 saturated carbocycles. The molecule has 1 rings (SSSR count). The lowest BCUT2D eigenvalue weighted by Crippen LogP contribution is -2.26. The Labute approximate surface area is 120 Å². The first kappa shape index (κ1) is 16.3. The number of Topliss-reactive ketones (excluding diaryl/α,β-unsaturated/α-hetero) is 1. The van der Waals surface area contributed by atoms with Crippen molar-refractivity contribution in [1.29, 1.82) is 0 Å².